The van der Waals surface area contributed by atoms with Gasteiger partial charge in [0.05, 0.1) is 11.2 Å². The quantitative estimate of drug-likeness (QED) is 0.519. The summed E-state index contributed by atoms with van der Waals surface area (Å²) >= 11 is 0. The third-order valence-corrected chi connectivity index (χ3v) is 1.33. The molecule has 0 aromatic rings. The molecule has 0 unspecified atom stereocenters. The van der Waals surface area contributed by atoms with Crippen LogP contribution in [-0.2, 0) is 9.47 Å². The van der Waals surface area contributed by atoms with Crippen LogP contribution in [0.3, 0.4) is 0 Å². The van der Waals surface area contributed by atoms with E-state index in [1.54, 1.807) is 0 Å². The molecular weight excluding hydrogens is 178 g/mol. The van der Waals surface area contributed by atoms with E-state index in [4.69, 9.17) is 9.47 Å². The summed E-state index contributed by atoms with van der Waals surface area (Å²) in [5.41, 5.74) is -0.389. The van der Waals surface area contributed by atoms with Gasteiger partial charge in [-0.1, -0.05) is 0 Å². The lowest BCUT2D eigenvalue weighted by atomic mass is 10.2. The Morgan fingerprint density at radius 3 is 1.21 bits per heavy atom. The molecule has 0 fully saturated rings. The highest BCUT2D eigenvalue weighted by Crippen LogP contribution is 2.17. The highest BCUT2D eigenvalue weighted by Gasteiger charge is 2.31. The van der Waals surface area contributed by atoms with Gasteiger partial charge in [-0.3, -0.25) is 9.47 Å². The molecule has 0 aliphatic rings. The van der Waals surface area contributed by atoms with Crippen LogP contribution in [0.25, 0.3) is 0 Å². The van der Waals surface area contributed by atoms with Crippen LogP contribution in [0.1, 0.15) is 41.5 Å². The molecule has 1 radical (unpaired) electrons. The van der Waals surface area contributed by atoms with Gasteiger partial charge in [0.15, 0.2) is 0 Å². The normalized spacial score (nSPS) is 14.1. The van der Waals surface area contributed by atoms with Gasteiger partial charge >= 0.3 is 6.41 Å². The summed E-state index contributed by atoms with van der Waals surface area (Å²) in [6.45, 7) is 12.1. The predicted octanol–water partition coefficient (Wildman–Crippen LogP) is 2.30. The molecule has 0 rings (SSSR count). The van der Waals surface area contributed by atoms with E-state index in [2.05, 4.69) is 0 Å². The van der Waals surface area contributed by atoms with Crippen LogP contribution < -0.4 is 4.90 Å². The van der Waals surface area contributed by atoms with Crippen LogP contribution in [0.5, 0.6) is 0 Å². The molecule has 3 nitrogen and oxygen atoms in total. The van der Waals surface area contributed by atoms with Gasteiger partial charge < -0.3 is 0 Å². The third-order valence-electron chi connectivity index (χ3n) is 1.33. The molecule has 3 heteroatoms. The average molecular weight is 203 g/mol. The van der Waals surface area contributed by atoms with E-state index in [9.17, 15) is 0 Å². The molecule has 0 saturated heterocycles. The maximum Gasteiger partial charge on any atom is 0.354 e. The maximum absolute atomic E-state index is 5.78. The zero-order valence-electron chi connectivity index (χ0n) is 10.8. The molecule has 0 aliphatic carbocycles. The number of nitrogens with zero attached hydrogens (tertiary/aromatic N) is 1. The second kappa shape index (κ2) is 4.60. The van der Waals surface area contributed by atoms with E-state index in [1.807, 2.05) is 60.5 Å². The smallest absolute Gasteiger partial charge is 0.296 e. The van der Waals surface area contributed by atoms with Crippen molar-refractivity contribution >= 4 is 0 Å². The minimum absolute atomic E-state index is 0.194. The van der Waals surface area contributed by atoms with E-state index in [1.165, 1.54) is 0 Å². The van der Waals surface area contributed by atoms with Crippen LogP contribution in [0.2, 0.25) is 0 Å². The molecular formula is C11H25NO2+. The van der Waals surface area contributed by atoms with Crippen molar-refractivity contribution in [3.05, 3.63) is 0 Å². The molecule has 0 heterocycles. The van der Waals surface area contributed by atoms with Gasteiger partial charge in [0.1, 0.15) is 14.1 Å². The fourth-order valence-corrected chi connectivity index (χ4v) is 0.840. The Bertz CT molecular complexity index is 149. The zero-order chi connectivity index (χ0) is 11.6. The SMILES string of the molecule is C[N+](C)C(OC(C)(C)C)OC(C)(C)C. The van der Waals surface area contributed by atoms with Crippen LogP contribution in [0.4, 0.5) is 0 Å². The van der Waals surface area contributed by atoms with Crippen molar-refractivity contribution in [1.82, 2.24) is 4.90 Å². The fraction of sp³-hybridized carbons (Fsp3) is 1.00. The van der Waals surface area contributed by atoms with Gasteiger partial charge in [-0.05, 0) is 41.5 Å². The minimum atomic E-state index is -0.296. The van der Waals surface area contributed by atoms with E-state index in [0.29, 0.717) is 0 Å². The second-order valence-corrected chi connectivity index (χ2v) is 5.73. The first-order valence-electron chi connectivity index (χ1n) is 5.03. The second-order valence-electron chi connectivity index (χ2n) is 5.73. The molecule has 0 aromatic carbocycles. The van der Waals surface area contributed by atoms with Crippen LogP contribution in [0.15, 0.2) is 0 Å². The lowest BCUT2D eigenvalue weighted by Gasteiger charge is -2.30. The summed E-state index contributed by atoms with van der Waals surface area (Å²) in [4.78, 5) is 1.93. The Morgan fingerprint density at radius 1 is 0.786 bits per heavy atom. The Labute approximate surface area is 88.4 Å². The van der Waals surface area contributed by atoms with Crippen molar-refractivity contribution in [2.24, 2.45) is 0 Å². The van der Waals surface area contributed by atoms with E-state index < -0.39 is 0 Å². The third kappa shape index (κ3) is 7.30. The first-order valence-corrected chi connectivity index (χ1v) is 5.03. The van der Waals surface area contributed by atoms with Gasteiger partial charge in [0, 0.05) is 0 Å². The van der Waals surface area contributed by atoms with Crippen molar-refractivity contribution in [3.8, 4) is 0 Å². The first kappa shape index (κ1) is 13.9. The zero-order valence-corrected chi connectivity index (χ0v) is 10.8. The summed E-state index contributed by atoms with van der Waals surface area (Å²) < 4.78 is 11.6. The van der Waals surface area contributed by atoms with Crippen LogP contribution in [-0.4, -0.2) is 31.7 Å². The molecule has 0 saturated carbocycles. The van der Waals surface area contributed by atoms with Crippen LogP contribution in [0, 0.1) is 0 Å². The molecule has 0 spiro atoms. The van der Waals surface area contributed by atoms with E-state index >= 15 is 0 Å². The lowest BCUT2D eigenvalue weighted by molar-refractivity contribution is -0.263. The molecule has 0 aromatic heterocycles. The first-order chi connectivity index (χ1) is 6.01. The molecule has 14 heavy (non-hydrogen) atoms. The summed E-state index contributed by atoms with van der Waals surface area (Å²) in [5, 5.41) is 0. The Kier molecular flexibility index (Phi) is 4.56. The van der Waals surface area contributed by atoms with Crippen molar-refractivity contribution in [2.75, 3.05) is 14.1 Å². The number of hydrogen-bond acceptors (Lipinski definition) is 3. The van der Waals surface area contributed by atoms with Gasteiger partial charge in [0.25, 0.3) is 0 Å². The van der Waals surface area contributed by atoms with E-state index in [-0.39, 0.29) is 17.6 Å². The standard InChI is InChI=1S/C11H25NO2/c1-10(2,3)13-9(12(7)8)14-11(4,5)6/h9H,1-8H3/q+1. The summed E-state index contributed by atoms with van der Waals surface area (Å²) in [5.74, 6) is 0. The molecule has 85 valence electrons. The predicted molar refractivity (Wildman–Crippen MR) is 59.4 cm³/mol. The molecule has 0 aliphatic heterocycles. The topological polar surface area (TPSA) is 24.4 Å². The van der Waals surface area contributed by atoms with Gasteiger partial charge in [0.2, 0.25) is 0 Å². The van der Waals surface area contributed by atoms with Crippen molar-refractivity contribution in [2.45, 2.75) is 59.2 Å². The number of ether oxygens (including phenoxy) is 2. The van der Waals surface area contributed by atoms with Gasteiger partial charge in [-0.2, -0.15) is 0 Å². The monoisotopic (exact) mass is 203 g/mol. The Hall–Kier alpha value is -0.120. The summed E-state index contributed by atoms with van der Waals surface area (Å²) in [6, 6.07) is 0. The van der Waals surface area contributed by atoms with Crippen molar-refractivity contribution < 1.29 is 9.47 Å². The van der Waals surface area contributed by atoms with Gasteiger partial charge in [-0.25, -0.2) is 0 Å². The molecule has 0 bridgehead atoms. The molecule has 0 atom stereocenters. The largest absolute Gasteiger partial charge is 0.354 e. The molecule has 0 N–H and O–H groups in total. The number of hydrogen-bond donors (Lipinski definition) is 0. The van der Waals surface area contributed by atoms with Crippen LogP contribution >= 0.6 is 0 Å². The molecule has 0 amide bonds. The Balaban J connectivity index is 4.32. The number of rotatable bonds is 3. The fourth-order valence-electron chi connectivity index (χ4n) is 0.840. The highest BCUT2D eigenvalue weighted by molar-refractivity contribution is 4.66. The lowest BCUT2D eigenvalue weighted by Crippen LogP contribution is -2.46. The summed E-state index contributed by atoms with van der Waals surface area (Å²) in [6.07, 6.45) is -0.296. The average Bonchev–Trinajstić information content (AvgIpc) is 1.78. The minimum Gasteiger partial charge on any atom is -0.296 e. The van der Waals surface area contributed by atoms with Crippen molar-refractivity contribution in [1.29, 1.82) is 0 Å². The summed E-state index contributed by atoms with van der Waals surface area (Å²) in [7, 11) is 3.89. The van der Waals surface area contributed by atoms with Gasteiger partial charge in [-0.15, -0.1) is 4.90 Å². The maximum atomic E-state index is 5.78. The highest BCUT2D eigenvalue weighted by atomic mass is 16.7. The van der Waals surface area contributed by atoms with Crippen molar-refractivity contribution in [3.63, 3.8) is 0 Å². The van der Waals surface area contributed by atoms with E-state index in [0.717, 1.165) is 0 Å². The Morgan fingerprint density at radius 2 is 1.07 bits per heavy atom.